The van der Waals surface area contributed by atoms with E-state index in [-0.39, 0.29) is 5.78 Å². The van der Waals surface area contributed by atoms with Crippen molar-refractivity contribution in [2.75, 3.05) is 0 Å². The van der Waals surface area contributed by atoms with Crippen LogP contribution < -0.4 is 0 Å². The molecule has 0 saturated carbocycles. The van der Waals surface area contributed by atoms with Gasteiger partial charge in [-0.15, -0.1) is 0 Å². The minimum Gasteiger partial charge on any atom is -0.289 e. The van der Waals surface area contributed by atoms with Gasteiger partial charge in [0.1, 0.15) is 0 Å². The molecule has 0 spiro atoms. The average Bonchev–Trinajstić information content (AvgIpc) is 2.35. The van der Waals surface area contributed by atoms with Crippen molar-refractivity contribution >= 4 is 17.4 Å². The van der Waals surface area contributed by atoms with E-state index in [1.807, 2.05) is 45.0 Å². The molecule has 2 aromatic carbocycles. The first-order valence-corrected chi connectivity index (χ1v) is 6.25. The third-order valence-electron chi connectivity index (χ3n) is 3.29. The van der Waals surface area contributed by atoms with Gasteiger partial charge in [0.2, 0.25) is 0 Å². The molecule has 0 bridgehead atoms. The van der Waals surface area contributed by atoms with Gasteiger partial charge in [0.05, 0.1) is 0 Å². The summed E-state index contributed by atoms with van der Waals surface area (Å²) >= 11 is 5.97. The summed E-state index contributed by atoms with van der Waals surface area (Å²) in [5.41, 5.74) is 4.53. The molecule has 2 rings (SSSR count). The Hall–Kier alpha value is -1.60. The van der Waals surface area contributed by atoms with Crippen LogP contribution in [0.2, 0.25) is 5.02 Å². The summed E-state index contributed by atoms with van der Waals surface area (Å²) in [7, 11) is 0. The molecule has 18 heavy (non-hydrogen) atoms. The molecular formula is C16H15ClO. The van der Waals surface area contributed by atoms with E-state index >= 15 is 0 Å². The highest BCUT2D eigenvalue weighted by molar-refractivity contribution is 6.31. The summed E-state index contributed by atoms with van der Waals surface area (Å²) in [5, 5.41) is 0.592. The third kappa shape index (κ3) is 2.32. The third-order valence-corrected chi connectivity index (χ3v) is 3.53. The normalized spacial score (nSPS) is 10.4. The predicted molar refractivity (Wildman–Crippen MR) is 75.5 cm³/mol. The smallest absolute Gasteiger partial charge is 0.193 e. The molecule has 92 valence electrons. The second-order valence-electron chi connectivity index (χ2n) is 4.54. The van der Waals surface area contributed by atoms with Gasteiger partial charge in [-0.25, -0.2) is 0 Å². The van der Waals surface area contributed by atoms with Crippen molar-refractivity contribution in [3.63, 3.8) is 0 Å². The topological polar surface area (TPSA) is 17.1 Å². The van der Waals surface area contributed by atoms with Crippen molar-refractivity contribution in [1.82, 2.24) is 0 Å². The molecule has 0 atom stereocenters. The summed E-state index contributed by atoms with van der Waals surface area (Å²) in [4.78, 5) is 12.5. The molecule has 2 aromatic rings. The van der Waals surface area contributed by atoms with Crippen LogP contribution >= 0.6 is 11.6 Å². The Morgan fingerprint density at radius 3 is 2.39 bits per heavy atom. The van der Waals surface area contributed by atoms with Crippen molar-refractivity contribution in [3.8, 4) is 0 Å². The van der Waals surface area contributed by atoms with Crippen molar-refractivity contribution in [3.05, 3.63) is 69.2 Å². The fourth-order valence-electron chi connectivity index (χ4n) is 1.98. The van der Waals surface area contributed by atoms with Gasteiger partial charge in [-0.3, -0.25) is 4.79 Å². The molecule has 0 amide bonds. The highest BCUT2D eigenvalue weighted by Gasteiger charge is 2.15. The summed E-state index contributed by atoms with van der Waals surface area (Å²) in [6.45, 7) is 5.91. The first kappa shape index (κ1) is 12.8. The van der Waals surface area contributed by atoms with Gasteiger partial charge >= 0.3 is 0 Å². The first-order chi connectivity index (χ1) is 8.50. The standard InChI is InChI=1S/C16H15ClO/c1-10-5-4-6-14(12(10)3)16(18)15-9-13(17)8-7-11(15)2/h4-9H,1-3H3. The predicted octanol–water partition coefficient (Wildman–Crippen LogP) is 4.50. The molecule has 1 nitrogen and oxygen atoms in total. The molecule has 2 heteroatoms. The van der Waals surface area contributed by atoms with E-state index in [2.05, 4.69) is 0 Å². The summed E-state index contributed by atoms with van der Waals surface area (Å²) in [6.07, 6.45) is 0. The molecule has 0 fully saturated rings. The number of hydrogen-bond donors (Lipinski definition) is 0. The molecule has 0 aliphatic rings. The number of carbonyl (C=O) groups is 1. The largest absolute Gasteiger partial charge is 0.289 e. The van der Waals surface area contributed by atoms with E-state index in [1.54, 1.807) is 12.1 Å². The molecule has 0 unspecified atom stereocenters. The van der Waals surface area contributed by atoms with Crippen molar-refractivity contribution < 1.29 is 4.79 Å². The summed E-state index contributed by atoms with van der Waals surface area (Å²) < 4.78 is 0. The number of benzene rings is 2. The minimum absolute atomic E-state index is 0.0381. The number of ketones is 1. The van der Waals surface area contributed by atoms with Crippen LogP contribution in [0.4, 0.5) is 0 Å². The lowest BCUT2D eigenvalue weighted by Crippen LogP contribution is -2.06. The molecular weight excluding hydrogens is 244 g/mol. The van der Waals surface area contributed by atoms with Crippen LogP contribution in [0.5, 0.6) is 0 Å². The lowest BCUT2D eigenvalue weighted by atomic mass is 9.94. The SMILES string of the molecule is Cc1ccc(Cl)cc1C(=O)c1cccc(C)c1C. The maximum absolute atomic E-state index is 12.5. The van der Waals surface area contributed by atoms with Gasteiger partial charge in [0.15, 0.2) is 5.78 Å². The van der Waals surface area contributed by atoms with E-state index in [4.69, 9.17) is 11.6 Å². The number of hydrogen-bond acceptors (Lipinski definition) is 1. The fraction of sp³-hybridized carbons (Fsp3) is 0.188. The van der Waals surface area contributed by atoms with Crippen LogP contribution in [0.25, 0.3) is 0 Å². The van der Waals surface area contributed by atoms with Crippen molar-refractivity contribution in [1.29, 1.82) is 0 Å². The molecule has 0 saturated heterocycles. The van der Waals surface area contributed by atoms with Crippen LogP contribution in [-0.2, 0) is 0 Å². The van der Waals surface area contributed by atoms with Crippen LogP contribution in [0.3, 0.4) is 0 Å². The highest BCUT2D eigenvalue weighted by atomic mass is 35.5. The Labute approximate surface area is 112 Å². The van der Waals surface area contributed by atoms with E-state index < -0.39 is 0 Å². The quantitative estimate of drug-likeness (QED) is 0.725. The van der Waals surface area contributed by atoms with E-state index in [0.717, 1.165) is 22.3 Å². The lowest BCUT2D eigenvalue weighted by Gasteiger charge is -2.10. The molecule has 0 aliphatic heterocycles. The van der Waals surface area contributed by atoms with E-state index in [9.17, 15) is 4.79 Å². The summed E-state index contributed by atoms with van der Waals surface area (Å²) in [5.74, 6) is 0.0381. The number of halogens is 1. The maximum atomic E-state index is 12.5. The Morgan fingerprint density at radius 1 is 0.944 bits per heavy atom. The molecule has 0 radical (unpaired) electrons. The maximum Gasteiger partial charge on any atom is 0.193 e. The van der Waals surface area contributed by atoms with Gasteiger partial charge in [-0.05, 0) is 49.6 Å². The molecule has 0 heterocycles. The number of carbonyl (C=O) groups excluding carboxylic acids is 1. The molecule has 0 aliphatic carbocycles. The van der Waals surface area contributed by atoms with E-state index in [0.29, 0.717) is 10.6 Å². The lowest BCUT2D eigenvalue weighted by molar-refractivity contribution is 0.103. The first-order valence-electron chi connectivity index (χ1n) is 5.88. The van der Waals surface area contributed by atoms with Crippen molar-refractivity contribution in [2.45, 2.75) is 20.8 Å². The monoisotopic (exact) mass is 258 g/mol. The second-order valence-corrected chi connectivity index (χ2v) is 4.97. The second kappa shape index (κ2) is 4.95. The fourth-order valence-corrected chi connectivity index (χ4v) is 2.15. The van der Waals surface area contributed by atoms with Crippen molar-refractivity contribution in [2.24, 2.45) is 0 Å². The van der Waals surface area contributed by atoms with Gasteiger partial charge in [-0.2, -0.15) is 0 Å². The van der Waals surface area contributed by atoms with Crippen LogP contribution in [0, 0.1) is 20.8 Å². The van der Waals surface area contributed by atoms with Gasteiger partial charge in [0, 0.05) is 16.1 Å². The van der Waals surface area contributed by atoms with Crippen LogP contribution in [0.15, 0.2) is 36.4 Å². The molecule has 0 N–H and O–H groups in total. The Kier molecular flexibility index (Phi) is 3.53. The number of rotatable bonds is 2. The summed E-state index contributed by atoms with van der Waals surface area (Å²) in [6, 6.07) is 11.2. The van der Waals surface area contributed by atoms with Crippen LogP contribution in [0.1, 0.15) is 32.6 Å². The zero-order valence-corrected chi connectivity index (χ0v) is 11.5. The van der Waals surface area contributed by atoms with Crippen LogP contribution in [-0.4, -0.2) is 5.78 Å². The van der Waals surface area contributed by atoms with Gasteiger partial charge in [0.25, 0.3) is 0 Å². The van der Waals surface area contributed by atoms with Gasteiger partial charge < -0.3 is 0 Å². The Morgan fingerprint density at radius 2 is 1.67 bits per heavy atom. The zero-order chi connectivity index (χ0) is 13.3. The average molecular weight is 259 g/mol. The Bertz CT molecular complexity index is 610. The zero-order valence-electron chi connectivity index (χ0n) is 10.8. The van der Waals surface area contributed by atoms with Gasteiger partial charge in [-0.1, -0.05) is 35.9 Å². The Balaban J connectivity index is 2.55. The molecule has 0 aromatic heterocycles. The van der Waals surface area contributed by atoms with E-state index in [1.165, 1.54) is 0 Å². The highest BCUT2D eigenvalue weighted by Crippen LogP contribution is 2.21. The number of aryl methyl sites for hydroxylation is 2. The minimum atomic E-state index is 0.0381.